The van der Waals surface area contributed by atoms with Gasteiger partial charge in [0.25, 0.3) is 11.8 Å². The lowest BCUT2D eigenvalue weighted by atomic mass is 10.2. The Labute approximate surface area is 194 Å². The molecule has 1 fully saturated rings. The fraction of sp³-hybridized carbons (Fsp3) is 0.318. The second-order valence-electron chi connectivity index (χ2n) is 6.74. The standard InChI is InChI=1S/C22H24BrN3O6/c1-29-18-6-4-16(23)12-17(18)22(28)25-24-13-15-3-5-19(20(11-15)30-2)32-14-21(27)26-7-9-31-10-8-26/h3-6,11-13H,7-10,14H2,1-2H3,(H,25,28)/b24-13-. The summed E-state index contributed by atoms with van der Waals surface area (Å²) in [5, 5.41) is 4.00. The number of nitrogens with zero attached hydrogens (tertiary/aromatic N) is 2. The van der Waals surface area contributed by atoms with Crippen molar-refractivity contribution < 1.29 is 28.5 Å². The summed E-state index contributed by atoms with van der Waals surface area (Å²) in [6.45, 7) is 2.11. The Morgan fingerprint density at radius 1 is 1.09 bits per heavy atom. The number of halogens is 1. The van der Waals surface area contributed by atoms with Crippen molar-refractivity contribution in [1.82, 2.24) is 10.3 Å². The van der Waals surface area contributed by atoms with Gasteiger partial charge in [0, 0.05) is 17.6 Å². The molecule has 0 aliphatic carbocycles. The average molecular weight is 506 g/mol. The Balaban J connectivity index is 1.60. The molecule has 1 heterocycles. The smallest absolute Gasteiger partial charge is 0.275 e. The summed E-state index contributed by atoms with van der Waals surface area (Å²) in [4.78, 5) is 26.4. The molecule has 10 heteroatoms. The van der Waals surface area contributed by atoms with Crippen LogP contribution in [0.25, 0.3) is 0 Å². The molecular weight excluding hydrogens is 482 g/mol. The highest BCUT2D eigenvalue weighted by molar-refractivity contribution is 9.10. The monoisotopic (exact) mass is 505 g/mol. The number of nitrogens with one attached hydrogen (secondary N) is 1. The van der Waals surface area contributed by atoms with Gasteiger partial charge in [0.1, 0.15) is 5.75 Å². The van der Waals surface area contributed by atoms with Crippen molar-refractivity contribution >= 4 is 34.0 Å². The number of hydrazone groups is 1. The molecule has 0 atom stereocenters. The quantitative estimate of drug-likeness (QED) is 0.437. The predicted octanol–water partition coefficient (Wildman–Crippen LogP) is 2.47. The van der Waals surface area contributed by atoms with Gasteiger partial charge in [-0.25, -0.2) is 5.43 Å². The normalized spacial score (nSPS) is 13.7. The van der Waals surface area contributed by atoms with Crippen LogP contribution in [0, 0.1) is 0 Å². The van der Waals surface area contributed by atoms with Crippen molar-refractivity contribution in [3.8, 4) is 17.2 Å². The number of hydrogen-bond donors (Lipinski definition) is 1. The van der Waals surface area contributed by atoms with E-state index in [4.69, 9.17) is 18.9 Å². The maximum Gasteiger partial charge on any atom is 0.275 e. The van der Waals surface area contributed by atoms with E-state index in [0.717, 1.165) is 4.47 Å². The van der Waals surface area contributed by atoms with Gasteiger partial charge in [-0.1, -0.05) is 15.9 Å². The van der Waals surface area contributed by atoms with E-state index in [1.165, 1.54) is 20.4 Å². The third-order valence-corrected chi connectivity index (χ3v) is 5.18. The molecule has 1 N–H and O–H groups in total. The SMILES string of the molecule is COc1cc(/C=N\NC(=O)c2cc(Br)ccc2OC)ccc1OCC(=O)N1CCOCC1. The molecule has 9 nitrogen and oxygen atoms in total. The van der Waals surface area contributed by atoms with Crippen LogP contribution in [0.3, 0.4) is 0 Å². The third kappa shape index (κ3) is 6.21. The molecule has 2 amide bonds. The zero-order valence-corrected chi connectivity index (χ0v) is 19.4. The van der Waals surface area contributed by atoms with Crippen molar-refractivity contribution in [3.63, 3.8) is 0 Å². The van der Waals surface area contributed by atoms with Gasteiger partial charge >= 0.3 is 0 Å². The van der Waals surface area contributed by atoms with Gasteiger partial charge in [0.15, 0.2) is 18.1 Å². The Kier molecular flexibility index (Phi) is 8.46. The van der Waals surface area contributed by atoms with Gasteiger partial charge in [-0.2, -0.15) is 5.10 Å². The van der Waals surface area contributed by atoms with E-state index in [0.29, 0.717) is 54.7 Å². The number of benzene rings is 2. The van der Waals surface area contributed by atoms with E-state index in [1.807, 2.05) is 0 Å². The minimum atomic E-state index is -0.409. The van der Waals surface area contributed by atoms with Crippen LogP contribution in [0.2, 0.25) is 0 Å². The average Bonchev–Trinajstić information content (AvgIpc) is 2.83. The first-order chi connectivity index (χ1) is 15.5. The van der Waals surface area contributed by atoms with Gasteiger partial charge in [-0.3, -0.25) is 9.59 Å². The van der Waals surface area contributed by atoms with Crippen LogP contribution in [0.4, 0.5) is 0 Å². The van der Waals surface area contributed by atoms with Crippen molar-refractivity contribution in [2.75, 3.05) is 47.1 Å². The summed E-state index contributed by atoms with van der Waals surface area (Å²) in [6.07, 6.45) is 1.48. The van der Waals surface area contributed by atoms with Crippen LogP contribution in [-0.2, 0) is 9.53 Å². The largest absolute Gasteiger partial charge is 0.496 e. The lowest BCUT2D eigenvalue weighted by Crippen LogP contribution is -2.43. The van der Waals surface area contributed by atoms with Crippen molar-refractivity contribution in [3.05, 3.63) is 52.0 Å². The molecular formula is C22H24BrN3O6. The topological polar surface area (TPSA) is 98.7 Å². The van der Waals surface area contributed by atoms with Gasteiger partial charge in [-0.15, -0.1) is 0 Å². The molecule has 0 spiro atoms. The summed E-state index contributed by atoms with van der Waals surface area (Å²) in [7, 11) is 3.00. The molecule has 1 aliphatic heterocycles. The highest BCUT2D eigenvalue weighted by Gasteiger charge is 2.18. The maximum atomic E-state index is 12.4. The fourth-order valence-corrected chi connectivity index (χ4v) is 3.37. The van der Waals surface area contributed by atoms with E-state index in [-0.39, 0.29) is 12.5 Å². The molecule has 1 aliphatic rings. The number of carbonyl (C=O) groups is 2. The van der Waals surface area contributed by atoms with E-state index < -0.39 is 5.91 Å². The van der Waals surface area contributed by atoms with Crippen molar-refractivity contribution in [2.24, 2.45) is 5.10 Å². The first-order valence-corrected chi connectivity index (χ1v) is 10.6. The number of ether oxygens (including phenoxy) is 4. The first kappa shape index (κ1) is 23.6. The molecule has 170 valence electrons. The van der Waals surface area contributed by atoms with Crippen LogP contribution in [0.15, 0.2) is 46.0 Å². The van der Waals surface area contributed by atoms with Crippen LogP contribution in [0.1, 0.15) is 15.9 Å². The first-order valence-electron chi connectivity index (χ1n) is 9.85. The summed E-state index contributed by atoms with van der Waals surface area (Å²) in [5.41, 5.74) is 3.50. The number of rotatable bonds is 8. The Bertz CT molecular complexity index is 992. The molecule has 0 radical (unpaired) electrons. The Morgan fingerprint density at radius 2 is 1.81 bits per heavy atom. The van der Waals surface area contributed by atoms with E-state index in [2.05, 4.69) is 26.5 Å². The summed E-state index contributed by atoms with van der Waals surface area (Å²) in [5.74, 6) is 0.813. The highest BCUT2D eigenvalue weighted by Crippen LogP contribution is 2.28. The molecule has 0 aromatic heterocycles. The summed E-state index contributed by atoms with van der Waals surface area (Å²) in [6, 6.07) is 10.2. The summed E-state index contributed by atoms with van der Waals surface area (Å²) < 4.78 is 22.2. The lowest BCUT2D eigenvalue weighted by Gasteiger charge is -2.26. The van der Waals surface area contributed by atoms with Crippen LogP contribution < -0.4 is 19.6 Å². The van der Waals surface area contributed by atoms with Crippen LogP contribution in [-0.4, -0.2) is 70.1 Å². The highest BCUT2D eigenvalue weighted by atomic mass is 79.9. The van der Waals surface area contributed by atoms with E-state index >= 15 is 0 Å². The Morgan fingerprint density at radius 3 is 2.53 bits per heavy atom. The number of methoxy groups -OCH3 is 2. The fourth-order valence-electron chi connectivity index (χ4n) is 3.01. The molecule has 32 heavy (non-hydrogen) atoms. The Hall–Kier alpha value is -3.11. The van der Waals surface area contributed by atoms with Crippen LogP contribution in [0.5, 0.6) is 17.2 Å². The zero-order chi connectivity index (χ0) is 22.9. The molecule has 1 saturated heterocycles. The number of morpholine rings is 1. The van der Waals surface area contributed by atoms with E-state index in [9.17, 15) is 9.59 Å². The van der Waals surface area contributed by atoms with Crippen molar-refractivity contribution in [1.29, 1.82) is 0 Å². The summed E-state index contributed by atoms with van der Waals surface area (Å²) >= 11 is 3.34. The van der Waals surface area contributed by atoms with Gasteiger partial charge < -0.3 is 23.8 Å². The second kappa shape index (κ2) is 11.5. The second-order valence-corrected chi connectivity index (χ2v) is 7.65. The minimum absolute atomic E-state index is 0.0890. The van der Waals surface area contributed by atoms with Gasteiger partial charge in [0.05, 0.1) is 39.2 Å². The van der Waals surface area contributed by atoms with Crippen LogP contribution >= 0.6 is 15.9 Å². The molecule has 0 unspecified atom stereocenters. The van der Waals surface area contributed by atoms with Gasteiger partial charge in [0.2, 0.25) is 0 Å². The number of amides is 2. The molecule has 2 aromatic carbocycles. The molecule has 2 aromatic rings. The van der Waals surface area contributed by atoms with E-state index in [1.54, 1.807) is 41.3 Å². The minimum Gasteiger partial charge on any atom is -0.496 e. The predicted molar refractivity (Wildman–Crippen MR) is 122 cm³/mol. The lowest BCUT2D eigenvalue weighted by molar-refractivity contribution is -0.137. The van der Waals surface area contributed by atoms with Gasteiger partial charge in [-0.05, 0) is 42.0 Å². The molecule has 3 rings (SSSR count). The maximum absolute atomic E-state index is 12.4. The zero-order valence-electron chi connectivity index (χ0n) is 17.8. The number of hydrogen-bond acceptors (Lipinski definition) is 7. The molecule has 0 saturated carbocycles. The van der Waals surface area contributed by atoms with Crippen molar-refractivity contribution in [2.45, 2.75) is 0 Å². The molecule has 0 bridgehead atoms. The number of carbonyl (C=O) groups excluding carboxylic acids is 2. The third-order valence-electron chi connectivity index (χ3n) is 4.69.